The second-order valence-electron chi connectivity index (χ2n) is 6.89. The maximum Gasteiger partial charge on any atom is 0.266 e. The summed E-state index contributed by atoms with van der Waals surface area (Å²) in [4.78, 5) is 6.81. The van der Waals surface area contributed by atoms with E-state index in [0.29, 0.717) is 36.3 Å². The van der Waals surface area contributed by atoms with Crippen LogP contribution in [0, 0.1) is 5.92 Å². The van der Waals surface area contributed by atoms with Crippen molar-refractivity contribution in [2.45, 2.75) is 43.5 Å². The summed E-state index contributed by atoms with van der Waals surface area (Å²) >= 11 is 1.00. The van der Waals surface area contributed by atoms with Gasteiger partial charge >= 0.3 is 0 Å². The number of rotatable bonds is 3. The summed E-state index contributed by atoms with van der Waals surface area (Å²) in [5.74, 6) is 0.929. The number of nitrogens with one attached hydrogen (secondary N) is 2. The van der Waals surface area contributed by atoms with Crippen LogP contribution in [-0.4, -0.2) is 47.4 Å². The highest BCUT2D eigenvalue weighted by atomic mass is 32.2. The van der Waals surface area contributed by atoms with Crippen LogP contribution in [0.2, 0.25) is 0 Å². The molecule has 1 saturated carbocycles. The molecule has 1 aliphatic carbocycles. The van der Waals surface area contributed by atoms with Gasteiger partial charge in [-0.3, -0.25) is 4.90 Å². The Morgan fingerprint density at radius 3 is 2.88 bits per heavy atom. The first-order valence-corrected chi connectivity index (χ1v) is 11.0. The molecule has 26 heavy (non-hydrogen) atoms. The second-order valence-corrected chi connectivity index (χ2v) is 9.07. The summed E-state index contributed by atoms with van der Waals surface area (Å²) in [6.45, 7) is 3.38. The van der Waals surface area contributed by atoms with E-state index in [4.69, 9.17) is 0 Å². The van der Waals surface area contributed by atoms with Gasteiger partial charge in [0, 0.05) is 6.04 Å². The SMILES string of the molecule is C[C@@H]1CCCC[C@H]1N1CN=C(NS(=O)(=O)c2cccc3nsnc23)NC1. The van der Waals surface area contributed by atoms with Gasteiger partial charge in [-0.15, -0.1) is 0 Å². The number of aromatic nitrogens is 2. The molecule has 1 aromatic heterocycles. The highest BCUT2D eigenvalue weighted by Crippen LogP contribution is 2.28. The van der Waals surface area contributed by atoms with Gasteiger partial charge in [0.05, 0.1) is 25.1 Å². The van der Waals surface area contributed by atoms with E-state index in [1.165, 1.54) is 31.7 Å². The van der Waals surface area contributed by atoms with Crippen molar-refractivity contribution in [1.29, 1.82) is 0 Å². The second kappa shape index (κ2) is 7.09. The maximum atomic E-state index is 12.7. The van der Waals surface area contributed by atoms with Gasteiger partial charge in [0.15, 0.2) is 0 Å². The van der Waals surface area contributed by atoms with E-state index in [9.17, 15) is 8.42 Å². The molecule has 0 bridgehead atoms. The summed E-state index contributed by atoms with van der Waals surface area (Å²) in [7, 11) is -3.77. The molecular weight excluding hydrogens is 372 g/mol. The average Bonchev–Trinajstić information content (AvgIpc) is 3.11. The number of hydrogen-bond donors (Lipinski definition) is 2. The zero-order valence-corrected chi connectivity index (χ0v) is 16.2. The van der Waals surface area contributed by atoms with Gasteiger partial charge in [-0.1, -0.05) is 25.8 Å². The Labute approximate surface area is 157 Å². The number of nitrogens with zero attached hydrogens (tertiary/aromatic N) is 4. The van der Waals surface area contributed by atoms with Gasteiger partial charge in [0.25, 0.3) is 10.0 Å². The van der Waals surface area contributed by atoms with Crippen LogP contribution in [0.4, 0.5) is 0 Å². The highest BCUT2D eigenvalue weighted by molar-refractivity contribution is 7.90. The average molecular weight is 395 g/mol. The lowest BCUT2D eigenvalue weighted by molar-refractivity contribution is 0.106. The van der Waals surface area contributed by atoms with Gasteiger partial charge in [-0.25, -0.2) is 18.1 Å². The summed E-state index contributed by atoms with van der Waals surface area (Å²) in [6.07, 6.45) is 4.97. The Hall–Kier alpha value is -1.78. The van der Waals surface area contributed by atoms with Crippen molar-refractivity contribution in [2.75, 3.05) is 13.3 Å². The molecule has 2 aliphatic rings. The predicted octanol–water partition coefficient (Wildman–Crippen LogP) is 1.72. The topological polar surface area (TPSA) is 99.6 Å². The van der Waals surface area contributed by atoms with Crippen LogP contribution in [0.1, 0.15) is 32.6 Å². The number of sulfonamides is 1. The zero-order valence-electron chi connectivity index (χ0n) is 14.6. The van der Waals surface area contributed by atoms with Crippen LogP contribution in [0.25, 0.3) is 11.0 Å². The molecular formula is C16H22N6O2S2. The monoisotopic (exact) mass is 394 g/mol. The lowest BCUT2D eigenvalue weighted by Crippen LogP contribution is -2.54. The Bertz CT molecular complexity index is 926. The van der Waals surface area contributed by atoms with Gasteiger partial charge in [0.2, 0.25) is 5.96 Å². The standard InChI is InChI=1S/C16H22N6O2S2/c1-11-5-2-3-7-13(11)22-9-17-16(18-10-22)21-26(23,24)14-8-4-6-12-15(14)20-25-19-12/h4,6,8,11,13H,2-3,5,7,9-10H2,1H3,(H2,17,18,21)/t11-,13-/m1/s1. The van der Waals surface area contributed by atoms with Crippen molar-refractivity contribution in [3.8, 4) is 0 Å². The van der Waals surface area contributed by atoms with Gasteiger partial charge < -0.3 is 5.32 Å². The molecule has 10 heteroatoms. The zero-order chi connectivity index (χ0) is 18.1. The number of guanidine groups is 1. The Kier molecular flexibility index (Phi) is 4.80. The Morgan fingerprint density at radius 1 is 1.27 bits per heavy atom. The van der Waals surface area contributed by atoms with Crippen molar-refractivity contribution in [1.82, 2.24) is 23.7 Å². The molecule has 2 heterocycles. The number of hydrogen-bond acceptors (Lipinski definition) is 8. The van der Waals surface area contributed by atoms with Gasteiger partial charge in [0.1, 0.15) is 15.9 Å². The minimum Gasteiger partial charge on any atom is -0.343 e. The van der Waals surface area contributed by atoms with E-state index in [-0.39, 0.29) is 10.9 Å². The molecule has 0 unspecified atom stereocenters. The summed E-state index contributed by atoms with van der Waals surface area (Å²) < 4.78 is 36.2. The summed E-state index contributed by atoms with van der Waals surface area (Å²) in [6, 6.07) is 5.46. The van der Waals surface area contributed by atoms with Crippen LogP contribution >= 0.6 is 11.7 Å². The van der Waals surface area contributed by atoms with E-state index in [1.807, 2.05) is 0 Å². The van der Waals surface area contributed by atoms with E-state index >= 15 is 0 Å². The minimum absolute atomic E-state index is 0.122. The minimum atomic E-state index is -3.77. The molecule has 1 aliphatic heterocycles. The lowest BCUT2D eigenvalue weighted by atomic mass is 9.85. The molecule has 0 radical (unpaired) electrons. The molecule has 1 fully saturated rings. The first-order valence-electron chi connectivity index (χ1n) is 8.81. The van der Waals surface area contributed by atoms with Crippen molar-refractivity contribution < 1.29 is 8.42 Å². The van der Waals surface area contributed by atoms with Crippen LogP contribution in [0.15, 0.2) is 28.1 Å². The third-order valence-electron chi connectivity index (χ3n) is 5.16. The molecule has 4 rings (SSSR count). The molecule has 1 aromatic carbocycles. The molecule has 0 spiro atoms. The van der Waals surface area contributed by atoms with E-state index < -0.39 is 10.0 Å². The molecule has 140 valence electrons. The van der Waals surface area contributed by atoms with Gasteiger partial charge in [-0.2, -0.15) is 8.75 Å². The van der Waals surface area contributed by atoms with Crippen LogP contribution in [0.3, 0.4) is 0 Å². The Morgan fingerprint density at radius 2 is 2.12 bits per heavy atom. The predicted molar refractivity (Wildman–Crippen MR) is 101 cm³/mol. The van der Waals surface area contributed by atoms with Crippen LogP contribution in [-0.2, 0) is 10.0 Å². The summed E-state index contributed by atoms with van der Waals surface area (Å²) in [5, 5.41) is 3.11. The molecule has 2 aromatic rings. The third-order valence-corrected chi connectivity index (χ3v) is 7.08. The number of aliphatic imine (C=N–C) groups is 1. The van der Waals surface area contributed by atoms with Crippen molar-refractivity contribution in [3.05, 3.63) is 18.2 Å². The lowest BCUT2D eigenvalue weighted by Gasteiger charge is -2.39. The molecule has 0 saturated heterocycles. The van der Waals surface area contributed by atoms with Crippen molar-refractivity contribution in [3.63, 3.8) is 0 Å². The van der Waals surface area contributed by atoms with E-state index in [0.717, 1.165) is 11.7 Å². The fourth-order valence-electron chi connectivity index (χ4n) is 3.75. The van der Waals surface area contributed by atoms with Gasteiger partial charge in [-0.05, 0) is 30.9 Å². The first-order chi connectivity index (χ1) is 12.5. The van der Waals surface area contributed by atoms with E-state index in [1.54, 1.807) is 12.1 Å². The smallest absolute Gasteiger partial charge is 0.266 e. The summed E-state index contributed by atoms with van der Waals surface area (Å²) in [5.41, 5.74) is 0.966. The molecule has 2 atom stereocenters. The fraction of sp³-hybridized carbons (Fsp3) is 0.562. The number of fused-ring (bicyclic) bond motifs is 1. The largest absolute Gasteiger partial charge is 0.343 e. The highest BCUT2D eigenvalue weighted by Gasteiger charge is 2.29. The maximum absolute atomic E-state index is 12.7. The van der Waals surface area contributed by atoms with Crippen LogP contribution < -0.4 is 10.0 Å². The molecule has 0 amide bonds. The van der Waals surface area contributed by atoms with Crippen molar-refractivity contribution >= 4 is 38.7 Å². The number of benzene rings is 1. The third kappa shape index (κ3) is 3.40. The van der Waals surface area contributed by atoms with Crippen LogP contribution in [0.5, 0.6) is 0 Å². The van der Waals surface area contributed by atoms with E-state index in [2.05, 4.69) is 35.6 Å². The normalized spacial score (nSPS) is 24.9. The molecule has 2 N–H and O–H groups in total. The first kappa shape index (κ1) is 17.6. The fourth-order valence-corrected chi connectivity index (χ4v) is 5.53. The molecule has 8 nitrogen and oxygen atoms in total. The quantitative estimate of drug-likeness (QED) is 0.822. The van der Waals surface area contributed by atoms with Crippen molar-refractivity contribution in [2.24, 2.45) is 10.9 Å². The Balaban J connectivity index is 1.48.